The Balaban J connectivity index is 2.21. The molecule has 1 aromatic carbocycles. The number of ketones is 1. The number of hydrogen-bond donors (Lipinski definition) is 2. The SMILES string of the molecule is C=CC[C@@H]1C(=O)C=C[C@H]1Nc1ccccc1C(N)=O. The highest BCUT2D eigenvalue weighted by Crippen LogP contribution is 2.25. The molecule has 2 atom stereocenters. The Morgan fingerprint density at radius 2 is 2.16 bits per heavy atom. The van der Waals surface area contributed by atoms with Gasteiger partial charge in [-0.2, -0.15) is 0 Å². The number of para-hydroxylation sites is 1. The molecule has 4 nitrogen and oxygen atoms in total. The lowest BCUT2D eigenvalue weighted by Gasteiger charge is -2.20. The second kappa shape index (κ2) is 5.52. The number of nitrogens with one attached hydrogen (secondary N) is 1. The summed E-state index contributed by atoms with van der Waals surface area (Å²) in [5.74, 6) is -0.580. The largest absolute Gasteiger partial charge is 0.377 e. The van der Waals surface area contributed by atoms with Crippen LogP contribution in [0, 0.1) is 5.92 Å². The molecule has 0 saturated heterocycles. The average Bonchev–Trinajstić information content (AvgIpc) is 2.72. The van der Waals surface area contributed by atoms with Crippen LogP contribution in [-0.2, 0) is 4.79 Å². The number of primary amides is 1. The Bertz CT molecular complexity index is 549. The summed E-state index contributed by atoms with van der Waals surface area (Å²) in [5, 5.41) is 3.20. The van der Waals surface area contributed by atoms with Crippen molar-refractivity contribution in [2.45, 2.75) is 12.5 Å². The van der Waals surface area contributed by atoms with Crippen molar-refractivity contribution < 1.29 is 9.59 Å². The zero-order valence-electron chi connectivity index (χ0n) is 10.5. The molecule has 0 spiro atoms. The average molecular weight is 256 g/mol. The van der Waals surface area contributed by atoms with Crippen molar-refractivity contribution in [2.75, 3.05) is 5.32 Å². The monoisotopic (exact) mass is 256 g/mol. The number of carbonyl (C=O) groups is 2. The van der Waals surface area contributed by atoms with Gasteiger partial charge in [-0.3, -0.25) is 9.59 Å². The van der Waals surface area contributed by atoms with E-state index in [4.69, 9.17) is 5.73 Å². The Morgan fingerprint density at radius 3 is 2.84 bits per heavy atom. The maximum Gasteiger partial charge on any atom is 0.250 e. The van der Waals surface area contributed by atoms with Crippen molar-refractivity contribution in [1.29, 1.82) is 0 Å². The number of carbonyl (C=O) groups excluding carboxylic acids is 2. The number of amides is 1. The fraction of sp³-hybridized carbons (Fsp3) is 0.200. The van der Waals surface area contributed by atoms with Crippen LogP contribution in [-0.4, -0.2) is 17.7 Å². The standard InChI is InChI=1S/C15H16N2O2/c1-2-5-10-13(8-9-14(10)18)17-12-7-4-3-6-11(12)15(16)19/h2-4,6-10,13,17H,1,5H2,(H2,16,19)/t10-,13+/m0/s1. The van der Waals surface area contributed by atoms with E-state index in [2.05, 4.69) is 11.9 Å². The first kappa shape index (κ1) is 13.1. The Labute approximate surface area is 112 Å². The van der Waals surface area contributed by atoms with Crippen LogP contribution < -0.4 is 11.1 Å². The van der Waals surface area contributed by atoms with Crippen LogP contribution in [0.4, 0.5) is 5.69 Å². The highest BCUT2D eigenvalue weighted by molar-refractivity contribution is 5.99. The van der Waals surface area contributed by atoms with E-state index in [9.17, 15) is 9.59 Å². The van der Waals surface area contributed by atoms with Crippen LogP contribution in [0.2, 0.25) is 0 Å². The lowest BCUT2D eigenvalue weighted by Crippen LogP contribution is -2.28. The smallest absolute Gasteiger partial charge is 0.250 e. The summed E-state index contributed by atoms with van der Waals surface area (Å²) in [5.41, 5.74) is 6.40. The van der Waals surface area contributed by atoms with Gasteiger partial charge in [0.15, 0.2) is 5.78 Å². The van der Waals surface area contributed by atoms with E-state index < -0.39 is 5.91 Å². The van der Waals surface area contributed by atoms with Crippen molar-refractivity contribution in [3.63, 3.8) is 0 Å². The lowest BCUT2D eigenvalue weighted by atomic mass is 9.97. The first-order chi connectivity index (χ1) is 9.13. The van der Waals surface area contributed by atoms with Gasteiger partial charge in [-0.15, -0.1) is 6.58 Å². The molecular formula is C15H16N2O2. The van der Waals surface area contributed by atoms with Crippen molar-refractivity contribution in [3.8, 4) is 0 Å². The summed E-state index contributed by atoms with van der Waals surface area (Å²) in [6, 6.07) is 6.88. The Kier molecular flexibility index (Phi) is 3.80. The molecule has 98 valence electrons. The molecule has 1 aliphatic rings. The fourth-order valence-electron chi connectivity index (χ4n) is 2.23. The molecule has 0 aliphatic heterocycles. The number of hydrogen-bond acceptors (Lipinski definition) is 3. The molecule has 3 N–H and O–H groups in total. The van der Waals surface area contributed by atoms with Crippen LogP contribution in [0.3, 0.4) is 0 Å². The van der Waals surface area contributed by atoms with E-state index in [1.807, 2.05) is 12.1 Å². The maximum atomic E-state index is 11.7. The fourth-order valence-corrected chi connectivity index (χ4v) is 2.23. The minimum atomic E-state index is -0.489. The van der Waals surface area contributed by atoms with E-state index >= 15 is 0 Å². The van der Waals surface area contributed by atoms with Crippen molar-refractivity contribution in [3.05, 3.63) is 54.6 Å². The van der Waals surface area contributed by atoms with E-state index in [-0.39, 0.29) is 17.7 Å². The quantitative estimate of drug-likeness (QED) is 0.790. The van der Waals surface area contributed by atoms with Crippen LogP contribution in [0.1, 0.15) is 16.8 Å². The number of rotatable bonds is 5. The summed E-state index contributed by atoms with van der Waals surface area (Å²) in [6.45, 7) is 3.66. The van der Waals surface area contributed by atoms with Gasteiger partial charge in [0.2, 0.25) is 0 Å². The third-order valence-corrected chi connectivity index (χ3v) is 3.20. The maximum absolute atomic E-state index is 11.7. The Morgan fingerprint density at radius 1 is 1.42 bits per heavy atom. The van der Waals surface area contributed by atoms with E-state index in [1.165, 1.54) is 0 Å². The second-order valence-corrected chi connectivity index (χ2v) is 4.47. The first-order valence-corrected chi connectivity index (χ1v) is 6.12. The van der Waals surface area contributed by atoms with Crippen LogP contribution >= 0.6 is 0 Å². The molecule has 0 saturated carbocycles. The lowest BCUT2D eigenvalue weighted by molar-refractivity contribution is -0.117. The van der Waals surface area contributed by atoms with Gasteiger partial charge in [0, 0.05) is 11.6 Å². The topological polar surface area (TPSA) is 72.2 Å². The highest BCUT2D eigenvalue weighted by atomic mass is 16.1. The van der Waals surface area contributed by atoms with Gasteiger partial charge in [-0.1, -0.05) is 24.3 Å². The van der Waals surface area contributed by atoms with Gasteiger partial charge in [0.1, 0.15) is 0 Å². The molecule has 1 aromatic rings. The molecule has 19 heavy (non-hydrogen) atoms. The van der Waals surface area contributed by atoms with Gasteiger partial charge < -0.3 is 11.1 Å². The van der Waals surface area contributed by atoms with Gasteiger partial charge in [-0.25, -0.2) is 0 Å². The molecule has 1 aliphatic carbocycles. The van der Waals surface area contributed by atoms with E-state index in [0.29, 0.717) is 17.7 Å². The zero-order valence-corrected chi connectivity index (χ0v) is 10.5. The summed E-state index contributed by atoms with van der Waals surface area (Å²) >= 11 is 0. The minimum absolute atomic E-state index is 0.0777. The second-order valence-electron chi connectivity index (χ2n) is 4.47. The molecule has 0 unspecified atom stereocenters. The van der Waals surface area contributed by atoms with Crippen LogP contribution in [0.25, 0.3) is 0 Å². The molecular weight excluding hydrogens is 240 g/mol. The molecule has 0 bridgehead atoms. The number of nitrogens with two attached hydrogens (primary N) is 1. The zero-order chi connectivity index (χ0) is 13.8. The highest BCUT2D eigenvalue weighted by Gasteiger charge is 2.29. The van der Waals surface area contributed by atoms with Gasteiger partial charge >= 0.3 is 0 Å². The molecule has 1 amide bonds. The molecule has 0 heterocycles. The molecule has 4 heteroatoms. The van der Waals surface area contributed by atoms with Crippen molar-refractivity contribution in [1.82, 2.24) is 0 Å². The summed E-state index contributed by atoms with van der Waals surface area (Å²) in [4.78, 5) is 23.1. The molecule has 0 aromatic heterocycles. The number of allylic oxidation sites excluding steroid dienone is 2. The Hall–Kier alpha value is -2.36. The van der Waals surface area contributed by atoms with E-state index in [1.54, 1.807) is 30.4 Å². The third-order valence-electron chi connectivity index (χ3n) is 3.20. The van der Waals surface area contributed by atoms with Gasteiger partial charge in [0.25, 0.3) is 5.91 Å². The predicted molar refractivity (Wildman–Crippen MR) is 74.8 cm³/mol. The van der Waals surface area contributed by atoms with E-state index in [0.717, 1.165) is 0 Å². The third kappa shape index (κ3) is 2.73. The normalized spacial score (nSPS) is 21.4. The molecule has 0 radical (unpaired) electrons. The minimum Gasteiger partial charge on any atom is -0.377 e. The molecule has 2 rings (SSSR count). The summed E-state index contributed by atoms with van der Waals surface area (Å²) in [7, 11) is 0. The summed E-state index contributed by atoms with van der Waals surface area (Å²) in [6.07, 6.45) is 5.71. The molecule has 0 fully saturated rings. The van der Waals surface area contributed by atoms with Gasteiger partial charge in [-0.05, 0) is 24.6 Å². The number of benzene rings is 1. The van der Waals surface area contributed by atoms with Crippen LogP contribution in [0.5, 0.6) is 0 Å². The van der Waals surface area contributed by atoms with Crippen molar-refractivity contribution >= 4 is 17.4 Å². The number of anilines is 1. The van der Waals surface area contributed by atoms with Crippen LogP contribution in [0.15, 0.2) is 49.1 Å². The first-order valence-electron chi connectivity index (χ1n) is 6.12. The summed E-state index contributed by atoms with van der Waals surface area (Å²) < 4.78 is 0. The van der Waals surface area contributed by atoms with Gasteiger partial charge in [0.05, 0.1) is 11.6 Å². The van der Waals surface area contributed by atoms with Crippen molar-refractivity contribution in [2.24, 2.45) is 11.7 Å². The predicted octanol–water partition coefficient (Wildman–Crippen LogP) is 1.90.